The van der Waals surface area contributed by atoms with Crippen LogP contribution in [0.3, 0.4) is 0 Å². The van der Waals surface area contributed by atoms with Crippen molar-refractivity contribution in [2.24, 2.45) is 0 Å². The quantitative estimate of drug-likeness (QED) is 0.748. The molecule has 1 aromatic rings. The maximum atomic E-state index is 11.5. The van der Waals surface area contributed by atoms with Crippen molar-refractivity contribution in [3.05, 3.63) is 29.8 Å². The number of carbonyl (C=O) groups is 2. The summed E-state index contributed by atoms with van der Waals surface area (Å²) in [4.78, 5) is 24.1. The SMILES string of the molecule is CC1C(=O)NCCN1c1ccc(C=O)cc1. The Balaban J connectivity index is 2.22. The Kier molecular flexibility index (Phi) is 2.90. The van der Waals surface area contributed by atoms with E-state index in [9.17, 15) is 9.59 Å². The lowest BCUT2D eigenvalue weighted by atomic mass is 10.1. The minimum absolute atomic E-state index is 0.0470. The van der Waals surface area contributed by atoms with Crippen LogP contribution in [0.2, 0.25) is 0 Å². The monoisotopic (exact) mass is 218 g/mol. The average molecular weight is 218 g/mol. The molecule has 1 unspecified atom stereocenters. The van der Waals surface area contributed by atoms with Crippen molar-refractivity contribution in [3.63, 3.8) is 0 Å². The maximum Gasteiger partial charge on any atom is 0.242 e. The number of hydrogen-bond donors (Lipinski definition) is 1. The third-order valence-electron chi connectivity index (χ3n) is 2.86. The van der Waals surface area contributed by atoms with Crippen molar-refractivity contribution in [3.8, 4) is 0 Å². The van der Waals surface area contributed by atoms with Gasteiger partial charge in [-0.05, 0) is 31.2 Å². The smallest absolute Gasteiger partial charge is 0.242 e. The van der Waals surface area contributed by atoms with E-state index in [0.29, 0.717) is 12.1 Å². The first-order chi connectivity index (χ1) is 7.72. The predicted octanol–water partition coefficient (Wildman–Crippen LogP) is 0.824. The van der Waals surface area contributed by atoms with Crippen LogP contribution in [0.5, 0.6) is 0 Å². The molecule has 1 saturated heterocycles. The van der Waals surface area contributed by atoms with Gasteiger partial charge in [-0.15, -0.1) is 0 Å². The Morgan fingerprint density at radius 1 is 1.38 bits per heavy atom. The van der Waals surface area contributed by atoms with Crippen molar-refractivity contribution >= 4 is 17.9 Å². The average Bonchev–Trinajstić information content (AvgIpc) is 2.33. The van der Waals surface area contributed by atoms with E-state index in [1.165, 1.54) is 0 Å². The van der Waals surface area contributed by atoms with E-state index in [-0.39, 0.29) is 11.9 Å². The lowest BCUT2D eigenvalue weighted by Gasteiger charge is -2.34. The summed E-state index contributed by atoms with van der Waals surface area (Å²) < 4.78 is 0. The zero-order valence-corrected chi connectivity index (χ0v) is 9.14. The molecule has 0 aliphatic carbocycles. The minimum Gasteiger partial charge on any atom is -0.358 e. The predicted molar refractivity (Wildman–Crippen MR) is 61.6 cm³/mol. The first kappa shape index (κ1) is 10.7. The number of rotatable bonds is 2. The first-order valence-electron chi connectivity index (χ1n) is 5.32. The Morgan fingerprint density at radius 2 is 2.06 bits per heavy atom. The van der Waals surface area contributed by atoms with Crippen LogP contribution >= 0.6 is 0 Å². The Labute approximate surface area is 94.2 Å². The van der Waals surface area contributed by atoms with Crippen LogP contribution in [0.1, 0.15) is 17.3 Å². The maximum absolute atomic E-state index is 11.5. The summed E-state index contributed by atoms with van der Waals surface area (Å²) in [5.41, 5.74) is 1.63. The van der Waals surface area contributed by atoms with Gasteiger partial charge in [0.2, 0.25) is 5.91 Å². The molecule has 16 heavy (non-hydrogen) atoms. The fraction of sp³-hybridized carbons (Fsp3) is 0.333. The molecule has 84 valence electrons. The molecule has 1 N–H and O–H groups in total. The van der Waals surface area contributed by atoms with Crippen molar-refractivity contribution in [2.45, 2.75) is 13.0 Å². The van der Waals surface area contributed by atoms with Crippen LogP contribution in [0.15, 0.2) is 24.3 Å². The number of aldehydes is 1. The normalized spacial score (nSPS) is 20.4. The van der Waals surface area contributed by atoms with Gasteiger partial charge in [0.15, 0.2) is 0 Å². The lowest BCUT2D eigenvalue weighted by molar-refractivity contribution is -0.122. The highest BCUT2D eigenvalue weighted by molar-refractivity contribution is 5.86. The summed E-state index contributed by atoms with van der Waals surface area (Å²) in [7, 11) is 0. The summed E-state index contributed by atoms with van der Waals surface area (Å²) in [5.74, 6) is 0.0470. The summed E-state index contributed by atoms with van der Waals surface area (Å²) in [5, 5.41) is 2.82. The number of piperazine rings is 1. The van der Waals surface area contributed by atoms with Gasteiger partial charge in [0.25, 0.3) is 0 Å². The van der Waals surface area contributed by atoms with Gasteiger partial charge in [-0.25, -0.2) is 0 Å². The van der Waals surface area contributed by atoms with Crippen molar-refractivity contribution in [1.29, 1.82) is 0 Å². The number of nitrogens with one attached hydrogen (secondary N) is 1. The third kappa shape index (κ3) is 1.91. The number of amides is 1. The zero-order chi connectivity index (χ0) is 11.5. The van der Waals surface area contributed by atoms with Gasteiger partial charge in [-0.3, -0.25) is 9.59 Å². The summed E-state index contributed by atoms with van der Waals surface area (Å²) >= 11 is 0. The molecule has 1 aromatic carbocycles. The summed E-state index contributed by atoms with van der Waals surface area (Å²) in [6.07, 6.45) is 0.816. The second kappa shape index (κ2) is 4.35. The van der Waals surface area contributed by atoms with E-state index >= 15 is 0 Å². The van der Waals surface area contributed by atoms with Gasteiger partial charge < -0.3 is 10.2 Å². The standard InChI is InChI=1S/C12H14N2O2/c1-9-12(16)13-6-7-14(9)11-4-2-10(8-15)3-5-11/h2-5,8-9H,6-7H2,1H3,(H,13,16). The van der Waals surface area contributed by atoms with Crippen LogP contribution in [0, 0.1) is 0 Å². The van der Waals surface area contributed by atoms with Gasteiger partial charge in [0.1, 0.15) is 12.3 Å². The lowest BCUT2D eigenvalue weighted by Crippen LogP contribution is -2.54. The summed E-state index contributed by atoms with van der Waals surface area (Å²) in [6.45, 7) is 3.34. The molecule has 2 rings (SSSR count). The van der Waals surface area contributed by atoms with Gasteiger partial charge in [-0.2, -0.15) is 0 Å². The van der Waals surface area contributed by atoms with Crippen LogP contribution in [0.25, 0.3) is 0 Å². The topological polar surface area (TPSA) is 49.4 Å². The van der Waals surface area contributed by atoms with Crippen LogP contribution < -0.4 is 10.2 Å². The highest BCUT2D eigenvalue weighted by Gasteiger charge is 2.25. The molecule has 0 spiro atoms. The van der Waals surface area contributed by atoms with E-state index in [4.69, 9.17) is 0 Å². The number of benzene rings is 1. The molecule has 4 heteroatoms. The molecule has 1 aliphatic rings. The molecule has 0 saturated carbocycles. The third-order valence-corrected chi connectivity index (χ3v) is 2.86. The van der Waals surface area contributed by atoms with Crippen LogP contribution in [-0.4, -0.2) is 31.3 Å². The Hall–Kier alpha value is -1.84. The molecule has 1 fully saturated rings. The van der Waals surface area contributed by atoms with Gasteiger partial charge in [0.05, 0.1) is 0 Å². The van der Waals surface area contributed by atoms with Gasteiger partial charge in [-0.1, -0.05) is 0 Å². The second-order valence-electron chi connectivity index (χ2n) is 3.87. The Morgan fingerprint density at radius 3 is 2.69 bits per heavy atom. The van der Waals surface area contributed by atoms with Crippen LogP contribution in [-0.2, 0) is 4.79 Å². The number of nitrogens with zero attached hydrogens (tertiary/aromatic N) is 1. The fourth-order valence-electron chi connectivity index (χ4n) is 1.88. The largest absolute Gasteiger partial charge is 0.358 e. The Bertz CT molecular complexity index is 400. The van der Waals surface area contributed by atoms with Gasteiger partial charge >= 0.3 is 0 Å². The molecule has 1 aliphatic heterocycles. The van der Waals surface area contributed by atoms with E-state index in [1.54, 1.807) is 12.1 Å². The highest BCUT2D eigenvalue weighted by atomic mass is 16.2. The highest BCUT2D eigenvalue weighted by Crippen LogP contribution is 2.18. The first-order valence-corrected chi connectivity index (χ1v) is 5.32. The van der Waals surface area contributed by atoms with E-state index in [1.807, 2.05) is 24.0 Å². The molecular formula is C12H14N2O2. The second-order valence-corrected chi connectivity index (χ2v) is 3.87. The molecule has 0 radical (unpaired) electrons. The number of hydrogen-bond acceptors (Lipinski definition) is 3. The molecule has 1 amide bonds. The van der Waals surface area contributed by atoms with Crippen molar-refractivity contribution in [1.82, 2.24) is 5.32 Å². The molecular weight excluding hydrogens is 204 g/mol. The molecule has 0 bridgehead atoms. The van der Waals surface area contributed by atoms with E-state index < -0.39 is 0 Å². The van der Waals surface area contributed by atoms with Crippen molar-refractivity contribution < 1.29 is 9.59 Å². The van der Waals surface area contributed by atoms with Gasteiger partial charge in [0, 0.05) is 24.3 Å². The number of anilines is 1. The van der Waals surface area contributed by atoms with Crippen molar-refractivity contribution in [2.75, 3.05) is 18.0 Å². The minimum atomic E-state index is -0.157. The molecule has 1 heterocycles. The number of carbonyl (C=O) groups excluding carboxylic acids is 2. The van der Waals surface area contributed by atoms with E-state index in [0.717, 1.165) is 18.5 Å². The molecule has 4 nitrogen and oxygen atoms in total. The molecule has 1 atom stereocenters. The zero-order valence-electron chi connectivity index (χ0n) is 9.14. The van der Waals surface area contributed by atoms with Crippen LogP contribution in [0.4, 0.5) is 5.69 Å². The van der Waals surface area contributed by atoms with E-state index in [2.05, 4.69) is 5.32 Å². The fourth-order valence-corrected chi connectivity index (χ4v) is 1.88. The molecule has 0 aromatic heterocycles. The summed E-state index contributed by atoms with van der Waals surface area (Å²) in [6, 6.07) is 7.12.